The van der Waals surface area contributed by atoms with Crippen LogP contribution < -0.4 is 0 Å². The molecule has 0 spiro atoms. The molecule has 0 N–H and O–H groups in total. The molecule has 0 radical (unpaired) electrons. The Hall–Kier alpha value is -1.48. The van der Waals surface area contributed by atoms with Gasteiger partial charge < -0.3 is 0 Å². The number of carbonyl (C=O) groups is 1. The zero-order valence-corrected chi connectivity index (χ0v) is 12.1. The summed E-state index contributed by atoms with van der Waals surface area (Å²) in [4.78, 5) is 19.3. The molecule has 19 heavy (non-hydrogen) atoms. The van der Waals surface area contributed by atoms with E-state index in [9.17, 15) is 4.79 Å². The Kier molecular flexibility index (Phi) is 3.23. The lowest BCUT2D eigenvalue weighted by Crippen LogP contribution is -2.19. The highest BCUT2D eigenvalue weighted by Gasteiger charge is 2.29. The number of Topliss-reactive ketones (excluding diaryl/α,β-unsaturated/α-hetero) is 1. The van der Waals surface area contributed by atoms with Crippen LogP contribution in [0.4, 0.5) is 0 Å². The van der Waals surface area contributed by atoms with Crippen LogP contribution in [0, 0.1) is 13.8 Å². The number of fused-ring (bicyclic) bond motifs is 1. The van der Waals surface area contributed by atoms with Crippen LogP contribution in [0.3, 0.4) is 0 Å². The number of ketones is 1. The summed E-state index contributed by atoms with van der Waals surface area (Å²) in [5.41, 5.74) is 3.46. The SMILES string of the molecule is Cc1cc(C(=O)C2CCCc3cccnc32)sc1C. The van der Waals surface area contributed by atoms with E-state index in [0.717, 1.165) is 29.8 Å². The summed E-state index contributed by atoms with van der Waals surface area (Å²) in [5, 5.41) is 0. The highest BCUT2D eigenvalue weighted by Crippen LogP contribution is 2.34. The fourth-order valence-corrected chi connectivity index (χ4v) is 3.76. The molecule has 2 heterocycles. The van der Waals surface area contributed by atoms with Gasteiger partial charge in [-0.3, -0.25) is 9.78 Å². The molecule has 3 rings (SSSR count). The van der Waals surface area contributed by atoms with Crippen LogP contribution in [0.15, 0.2) is 24.4 Å². The molecule has 3 heteroatoms. The van der Waals surface area contributed by atoms with Crippen LogP contribution in [-0.2, 0) is 6.42 Å². The first-order valence-corrected chi connectivity index (χ1v) is 7.53. The lowest BCUT2D eigenvalue weighted by atomic mass is 9.83. The number of hydrogen-bond donors (Lipinski definition) is 0. The predicted octanol–water partition coefficient (Wildman–Crippen LogP) is 4.06. The van der Waals surface area contributed by atoms with Gasteiger partial charge in [-0.05, 0) is 56.4 Å². The fourth-order valence-electron chi connectivity index (χ4n) is 2.73. The average molecular weight is 271 g/mol. The lowest BCUT2D eigenvalue weighted by Gasteiger charge is -2.22. The van der Waals surface area contributed by atoms with Crippen molar-refractivity contribution in [1.29, 1.82) is 0 Å². The van der Waals surface area contributed by atoms with Crippen molar-refractivity contribution in [1.82, 2.24) is 4.98 Å². The van der Waals surface area contributed by atoms with Gasteiger partial charge in [0, 0.05) is 11.1 Å². The van der Waals surface area contributed by atoms with Gasteiger partial charge in [0.2, 0.25) is 0 Å². The number of nitrogens with zero attached hydrogens (tertiary/aromatic N) is 1. The second-order valence-corrected chi connectivity index (χ2v) is 6.46. The number of rotatable bonds is 2. The monoisotopic (exact) mass is 271 g/mol. The van der Waals surface area contributed by atoms with E-state index in [1.54, 1.807) is 17.5 Å². The molecule has 0 saturated carbocycles. The standard InChI is InChI=1S/C16H17NOS/c1-10-9-14(19-11(10)2)16(18)13-7-3-5-12-6-4-8-17-15(12)13/h4,6,8-9,13H,3,5,7H2,1-2H3. The Balaban J connectivity index is 1.97. The smallest absolute Gasteiger partial charge is 0.181 e. The highest BCUT2D eigenvalue weighted by atomic mass is 32.1. The minimum Gasteiger partial charge on any atom is -0.293 e. The molecule has 0 bridgehead atoms. The number of aromatic nitrogens is 1. The van der Waals surface area contributed by atoms with E-state index in [0.29, 0.717) is 0 Å². The summed E-state index contributed by atoms with van der Waals surface area (Å²) < 4.78 is 0. The van der Waals surface area contributed by atoms with Crippen LogP contribution >= 0.6 is 11.3 Å². The third-order valence-corrected chi connectivity index (χ3v) is 5.09. The van der Waals surface area contributed by atoms with E-state index < -0.39 is 0 Å². The number of hydrogen-bond acceptors (Lipinski definition) is 3. The van der Waals surface area contributed by atoms with Crippen molar-refractivity contribution in [3.8, 4) is 0 Å². The van der Waals surface area contributed by atoms with E-state index >= 15 is 0 Å². The van der Waals surface area contributed by atoms with Crippen LogP contribution in [0.5, 0.6) is 0 Å². The Morgan fingerprint density at radius 1 is 1.42 bits per heavy atom. The zero-order chi connectivity index (χ0) is 13.4. The molecular weight excluding hydrogens is 254 g/mol. The van der Waals surface area contributed by atoms with E-state index in [1.165, 1.54) is 16.0 Å². The normalized spacial score (nSPS) is 18.1. The summed E-state index contributed by atoms with van der Waals surface area (Å²) >= 11 is 1.61. The largest absolute Gasteiger partial charge is 0.293 e. The van der Waals surface area contributed by atoms with Crippen LogP contribution in [-0.4, -0.2) is 10.8 Å². The summed E-state index contributed by atoms with van der Waals surface area (Å²) in [5.74, 6) is 0.211. The second-order valence-electron chi connectivity index (χ2n) is 5.21. The van der Waals surface area contributed by atoms with Crippen LogP contribution in [0.1, 0.15) is 50.1 Å². The number of pyridine rings is 1. The quantitative estimate of drug-likeness (QED) is 0.771. The van der Waals surface area contributed by atoms with Gasteiger partial charge in [0.15, 0.2) is 5.78 Å². The number of thiophene rings is 1. The van der Waals surface area contributed by atoms with Gasteiger partial charge in [-0.15, -0.1) is 11.3 Å². The van der Waals surface area contributed by atoms with E-state index in [4.69, 9.17) is 0 Å². The third-order valence-electron chi connectivity index (χ3n) is 3.92. The van der Waals surface area contributed by atoms with Gasteiger partial charge >= 0.3 is 0 Å². The molecule has 1 aliphatic rings. The van der Waals surface area contributed by atoms with E-state index in [-0.39, 0.29) is 11.7 Å². The summed E-state index contributed by atoms with van der Waals surface area (Å²) in [7, 11) is 0. The van der Waals surface area contributed by atoms with Gasteiger partial charge in [0.05, 0.1) is 16.5 Å². The Bertz CT molecular complexity index is 610. The molecule has 2 nitrogen and oxygen atoms in total. The van der Waals surface area contributed by atoms with E-state index in [2.05, 4.69) is 24.9 Å². The first-order valence-electron chi connectivity index (χ1n) is 6.72. The average Bonchev–Trinajstić information content (AvgIpc) is 2.77. The molecular formula is C16H17NOS. The topological polar surface area (TPSA) is 30.0 Å². The Morgan fingerprint density at radius 3 is 3.00 bits per heavy atom. The molecule has 0 fully saturated rings. The van der Waals surface area contributed by atoms with Crippen molar-refractivity contribution in [3.05, 3.63) is 51.0 Å². The van der Waals surface area contributed by atoms with Crippen molar-refractivity contribution in [2.75, 3.05) is 0 Å². The predicted molar refractivity (Wildman–Crippen MR) is 78.0 cm³/mol. The molecule has 0 aromatic carbocycles. The summed E-state index contributed by atoms with van der Waals surface area (Å²) in [6, 6.07) is 6.09. The minimum absolute atomic E-state index is 0.0394. The van der Waals surface area contributed by atoms with Crippen molar-refractivity contribution in [2.45, 2.75) is 39.0 Å². The van der Waals surface area contributed by atoms with Gasteiger partial charge in [0.25, 0.3) is 0 Å². The molecule has 0 saturated heterocycles. The summed E-state index contributed by atoms with van der Waals surface area (Å²) in [6.07, 6.45) is 4.86. The molecule has 1 atom stereocenters. The molecule has 2 aromatic rings. The van der Waals surface area contributed by atoms with Gasteiger partial charge in [-0.25, -0.2) is 0 Å². The first-order chi connectivity index (χ1) is 9.16. The van der Waals surface area contributed by atoms with E-state index in [1.807, 2.05) is 12.1 Å². The molecule has 0 aliphatic heterocycles. The molecule has 1 unspecified atom stereocenters. The minimum atomic E-state index is -0.0394. The zero-order valence-electron chi connectivity index (χ0n) is 11.3. The number of carbonyl (C=O) groups excluding carboxylic acids is 1. The molecule has 0 amide bonds. The maximum absolute atomic E-state index is 12.7. The maximum Gasteiger partial charge on any atom is 0.181 e. The van der Waals surface area contributed by atoms with Crippen molar-refractivity contribution >= 4 is 17.1 Å². The van der Waals surface area contributed by atoms with Crippen LogP contribution in [0.2, 0.25) is 0 Å². The van der Waals surface area contributed by atoms with Gasteiger partial charge in [0.1, 0.15) is 0 Å². The van der Waals surface area contributed by atoms with Crippen molar-refractivity contribution in [2.24, 2.45) is 0 Å². The fraction of sp³-hybridized carbons (Fsp3) is 0.375. The Labute approximate surface area is 117 Å². The second kappa shape index (κ2) is 4.89. The summed E-state index contributed by atoms with van der Waals surface area (Å²) in [6.45, 7) is 4.14. The lowest BCUT2D eigenvalue weighted by molar-refractivity contribution is 0.0953. The van der Waals surface area contributed by atoms with Crippen LogP contribution in [0.25, 0.3) is 0 Å². The molecule has 98 valence electrons. The molecule has 1 aliphatic carbocycles. The first kappa shape index (κ1) is 12.5. The van der Waals surface area contributed by atoms with Crippen molar-refractivity contribution < 1.29 is 4.79 Å². The van der Waals surface area contributed by atoms with Crippen molar-refractivity contribution in [3.63, 3.8) is 0 Å². The number of aryl methyl sites for hydroxylation is 3. The van der Waals surface area contributed by atoms with Gasteiger partial charge in [-0.2, -0.15) is 0 Å². The third kappa shape index (κ3) is 2.23. The Morgan fingerprint density at radius 2 is 2.26 bits per heavy atom. The van der Waals surface area contributed by atoms with Gasteiger partial charge in [-0.1, -0.05) is 6.07 Å². The maximum atomic E-state index is 12.7. The molecule has 2 aromatic heterocycles. The highest BCUT2D eigenvalue weighted by molar-refractivity contribution is 7.14.